The van der Waals surface area contributed by atoms with E-state index in [-0.39, 0.29) is 5.91 Å². The summed E-state index contributed by atoms with van der Waals surface area (Å²) in [7, 11) is 5.93. The Labute approximate surface area is 167 Å². The molecular formula is C22H32N4O2. The fraction of sp³-hybridized carbons (Fsp3) is 0.545. The summed E-state index contributed by atoms with van der Waals surface area (Å²) in [4.78, 5) is 16.7. The molecule has 2 unspecified atom stereocenters. The van der Waals surface area contributed by atoms with Crippen molar-refractivity contribution in [2.24, 2.45) is 11.8 Å². The van der Waals surface area contributed by atoms with Crippen LogP contribution in [0, 0.1) is 11.8 Å². The average molecular weight is 385 g/mol. The highest BCUT2D eigenvalue weighted by Gasteiger charge is 2.29. The fourth-order valence-electron chi connectivity index (χ4n) is 3.92. The second kappa shape index (κ2) is 9.85. The predicted molar refractivity (Wildman–Crippen MR) is 110 cm³/mol. The Hall–Kier alpha value is -2.18. The van der Waals surface area contributed by atoms with Gasteiger partial charge in [0.15, 0.2) is 5.76 Å². The van der Waals surface area contributed by atoms with Gasteiger partial charge < -0.3 is 19.6 Å². The highest BCUT2D eigenvalue weighted by atomic mass is 16.5. The lowest BCUT2D eigenvalue weighted by atomic mass is 9.81. The van der Waals surface area contributed by atoms with Gasteiger partial charge in [-0.2, -0.15) is 0 Å². The van der Waals surface area contributed by atoms with Crippen molar-refractivity contribution < 1.29 is 9.32 Å². The fourth-order valence-corrected chi connectivity index (χ4v) is 3.92. The van der Waals surface area contributed by atoms with Crippen molar-refractivity contribution in [1.82, 2.24) is 20.3 Å². The van der Waals surface area contributed by atoms with Gasteiger partial charge in [-0.1, -0.05) is 35.5 Å². The lowest BCUT2D eigenvalue weighted by Gasteiger charge is -2.32. The summed E-state index contributed by atoms with van der Waals surface area (Å²) in [5.41, 5.74) is 2.15. The highest BCUT2D eigenvalue weighted by molar-refractivity contribution is 5.76. The van der Waals surface area contributed by atoms with Crippen LogP contribution in [0.4, 0.5) is 0 Å². The standard InChI is InChI=1S/C22H32N4O2/c1-25(2)16-21-13-20(24-28-21)11-19-14-23-10-9-18(19)12-22(27)26(3)15-17-7-5-4-6-8-17/h4-8,13,18-19,23H,9-12,14-16H2,1-3H3. The largest absolute Gasteiger partial charge is 0.360 e. The number of rotatable bonds is 8. The molecule has 3 rings (SSSR count). The number of carbonyl (C=O) groups is 1. The molecule has 152 valence electrons. The molecule has 0 spiro atoms. The Kier molecular flexibility index (Phi) is 7.23. The molecule has 2 heterocycles. The second-order valence-electron chi connectivity index (χ2n) is 8.18. The minimum Gasteiger partial charge on any atom is -0.360 e. The molecule has 1 amide bonds. The van der Waals surface area contributed by atoms with E-state index in [9.17, 15) is 4.79 Å². The Morgan fingerprint density at radius 3 is 2.71 bits per heavy atom. The number of nitrogens with zero attached hydrogens (tertiary/aromatic N) is 3. The van der Waals surface area contributed by atoms with Crippen LogP contribution in [0.25, 0.3) is 0 Å². The summed E-state index contributed by atoms with van der Waals surface area (Å²) in [6.07, 6.45) is 2.47. The van der Waals surface area contributed by atoms with E-state index in [4.69, 9.17) is 4.52 Å². The van der Waals surface area contributed by atoms with Gasteiger partial charge in [0.2, 0.25) is 5.91 Å². The Bertz CT molecular complexity index is 744. The summed E-state index contributed by atoms with van der Waals surface area (Å²) in [6.45, 7) is 3.31. The normalized spacial score (nSPS) is 19.7. The number of hydrogen-bond donors (Lipinski definition) is 1. The van der Waals surface area contributed by atoms with E-state index in [2.05, 4.69) is 33.6 Å². The van der Waals surface area contributed by atoms with E-state index in [1.807, 2.05) is 44.2 Å². The maximum absolute atomic E-state index is 12.8. The van der Waals surface area contributed by atoms with Gasteiger partial charge in [0.25, 0.3) is 0 Å². The van der Waals surface area contributed by atoms with Crippen LogP contribution in [-0.2, 0) is 24.3 Å². The molecule has 2 aromatic rings. The first kappa shape index (κ1) is 20.6. The van der Waals surface area contributed by atoms with Gasteiger partial charge in [-0.05, 0) is 57.4 Å². The zero-order chi connectivity index (χ0) is 19.9. The molecule has 0 bridgehead atoms. The first-order valence-corrected chi connectivity index (χ1v) is 10.1. The number of carbonyl (C=O) groups excluding carboxylic acids is 1. The monoisotopic (exact) mass is 384 g/mol. The molecule has 28 heavy (non-hydrogen) atoms. The van der Waals surface area contributed by atoms with E-state index < -0.39 is 0 Å². The predicted octanol–water partition coefficient (Wildman–Crippen LogP) is 2.55. The SMILES string of the molecule is CN(C)Cc1cc(CC2CNCCC2CC(=O)N(C)Cc2ccccc2)no1. The van der Waals surface area contributed by atoms with Gasteiger partial charge in [0, 0.05) is 26.1 Å². The van der Waals surface area contributed by atoms with Crippen LogP contribution in [-0.4, -0.2) is 55.1 Å². The number of nitrogens with one attached hydrogen (secondary N) is 1. The minimum absolute atomic E-state index is 0.217. The second-order valence-corrected chi connectivity index (χ2v) is 8.18. The van der Waals surface area contributed by atoms with Crippen molar-refractivity contribution in [1.29, 1.82) is 0 Å². The molecule has 1 fully saturated rings. The van der Waals surface area contributed by atoms with Crippen LogP contribution in [0.2, 0.25) is 0 Å². The van der Waals surface area contributed by atoms with E-state index in [1.165, 1.54) is 0 Å². The lowest BCUT2D eigenvalue weighted by molar-refractivity contribution is -0.132. The summed E-state index contributed by atoms with van der Waals surface area (Å²) < 4.78 is 5.45. The lowest BCUT2D eigenvalue weighted by Crippen LogP contribution is -2.40. The molecule has 0 radical (unpaired) electrons. The third kappa shape index (κ3) is 5.91. The molecule has 1 saturated heterocycles. The Balaban J connectivity index is 1.56. The first-order chi connectivity index (χ1) is 13.5. The van der Waals surface area contributed by atoms with Gasteiger partial charge in [-0.25, -0.2) is 0 Å². The molecule has 0 saturated carbocycles. The van der Waals surface area contributed by atoms with E-state index in [1.54, 1.807) is 0 Å². The molecule has 1 aliphatic heterocycles. The van der Waals surface area contributed by atoms with Crippen LogP contribution >= 0.6 is 0 Å². The van der Waals surface area contributed by atoms with Crippen molar-refractivity contribution in [2.75, 3.05) is 34.2 Å². The summed E-state index contributed by atoms with van der Waals surface area (Å²) in [5.74, 6) is 1.88. The quantitative estimate of drug-likeness (QED) is 0.758. The molecule has 6 nitrogen and oxygen atoms in total. The summed E-state index contributed by atoms with van der Waals surface area (Å²) in [6, 6.07) is 12.2. The molecule has 1 aromatic heterocycles. The van der Waals surface area contributed by atoms with Gasteiger partial charge in [0.1, 0.15) is 0 Å². The zero-order valence-electron chi connectivity index (χ0n) is 17.2. The number of aromatic nitrogens is 1. The molecule has 2 atom stereocenters. The third-order valence-electron chi connectivity index (χ3n) is 5.44. The van der Waals surface area contributed by atoms with Crippen molar-refractivity contribution >= 4 is 5.91 Å². The maximum atomic E-state index is 12.8. The Morgan fingerprint density at radius 2 is 1.96 bits per heavy atom. The minimum atomic E-state index is 0.217. The number of piperidine rings is 1. The van der Waals surface area contributed by atoms with Crippen molar-refractivity contribution in [2.45, 2.75) is 32.4 Å². The molecule has 1 aromatic carbocycles. The van der Waals surface area contributed by atoms with Crippen molar-refractivity contribution in [3.63, 3.8) is 0 Å². The molecule has 1 aliphatic rings. The smallest absolute Gasteiger partial charge is 0.222 e. The summed E-state index contributed by atoms with van der Waals surface area (Å²) >= 11 is 0. The topological polar surface area (TPSA) is 61.6 Å². The van der Waals surface area contributed by atoms with E-state index >= 15 is 0 Å². The molecular weight excluding hydrogens is 352 g/mol. The number of hydrogen-bond acceptors (Lipinski definition) is 5. The van der Waals surface area contributed by atoms with Gasteiger partial charge in [-0.15, -0.1) is 0 Å². The number of benzene rings is 1. The van der Waals surface area contributed by atoms with Crippen LogP contribution in [0.3, 0.4) is 0 Å². The molecule has 0 aliphatic carbocycles. The van der Waals surface area contributed by atoms with E-state index in [0.29, 0.717) is 24.8 Å². The van der Waals surface area contributed by atoms with Crippen LogP contribution in [0.15, 0.2) is 40.9 Å². The van der Waals surface area contributed by atoms with Gasteiger partial charge in [-0.3, -0.25) is 4.79 Å². The maximum Gasteiger partial charge on any atom is 0.222 e. The zero-order valence-corrected chi connectivity index (χ0v) is 17.2. The summed E-state index contributed by atoms with van der Waals surface area (Å²) in [5, 5.41) is 7.72. The van der Waals surface area contributed by atoms with Gasteiger partial charge >= 0.3 is 0 Å². The first-order valence-electron chi connectivity index (χ1n) is 10.1. The third-order valence-corrected chi connectivity index (χ3v) is 5.44. The van der Waals surface area contributed by atoms with Crippen molar-refractivity contribution in [3.8, 4) is 0 Å². The Morgan fingerprint density at radius 1 is 1.18 bits per heavy atom. The van der Waals surface area contributed by atoms with Crippen molar-refractivity contribution in [3.05, 3.63) is 53.4 Å². The highest BCUT2D eigenvalue weighted by Crippen LogP contribution is 2.27. The van der Waals surface area contributed by atoms with Crippen LogP contribution < -0.4 is 5.32 Å². The van der Waals surface area contributed by atoms with Crippen LogP contribution in [0.5, 0.6) is 0 Å². The van der Waals surface area contributed by atoms with Gasteiger partial charge in [0.05, 0.1) is 12.2 Å². The molecule has 1 N–H and O–H groups in total. The number of amides is 1. The van der Waals surface area contributed by atoms with Crippen LogP contribution in [0.1, 0.15) is 29.9 Å². The van der Waals surface area contributed by atoms with E-state index in [0.717, 1.165) is 49.5 Å². The molecule has 6 heteroatoms. The average Bonchev–Trinajstić information content (AvgIpc) is 3.10.